The molecule has 1 aromatic carbocycles. The number of hydrogen-bond acceptors (Lipinski definition) is 4. The first-order chi connectivity index (χ1) is 12.5. The fourth-order valence-electron chi connectivity index (χ4n) is 3.31. The molecule has 1 N–H and O–H groups in total. The highest BCUT2D eigenvalue weighted by molar-refractivity contribution is 5.99. The number of nitrogens with zero attached hydrogens (tertiary/aromatic N) is 2. The number of nitrogens with one attached hydrogen (secondary N) is 1. The number of halogens is 1. The van der Waals surface area contributed by atoms with Crippen molar-refractivity contribution in [3.05, 3.63) is 47.5 Å². The maximum Gasteiger partial charge on any atom is 0.254 e. The number of carbonyl (C=O) groups is 2. The van der Waals surface area contributed by atoms with E-state index in [9.17, 15) is 14.0 Å². The Morgan fingerprint density at radius 3 is 2.69 bits per heavy atom. The van der Waals surface area contributed by atoms with Crippen molar-refractivity contribution in [2.24, 2.45) is 0 Å². The van der Waals surface area contributed by atoms with Gasteiger partial charge in [-0.15, -0.1) is 0 Å². The summed E-state index contributed by atoms with van der Waals surface area (Å²) in [7, 11) is 0. The van der Waals surface area contributed by atoms with Gasteiger partial charge in [0.2, 0.25) is 5.91 Å². The monoisotopic (exact) mass is 359 g/mol. The zero-order valence-electron chi connectivity index (χ0n) is 14.7. The molecule has 1 fully saturated rings. The number of benzene rings is 1. The van der Waals surface area contributed by atoms with E-state index < -0.39 is 5.82 Å². The highest BCUT2D eigenvalue weighted by atomic mass is 19.1. The summed E-state index contributed by atoms with van der Waals surface area (Å²) < 4.78 is 18.4. The van der Waals surface area contributed by atoms with Gasteiger partial charge in [-0.05, 0) is 38.0 Å². The topological polar surface area (TPSA) is 75.4 Å². The average Bonchev–Trinajstić information content (AvgIpc) is 3.04. The van der Waals surface area contributed by atoms with Crippen LogP contribution in [0.5, 0.6) is 0 Å². The fourth-order valence-corrected chi connectivity index (χ4v) is 3.31. The third kappa shape index (κ3) is 4.47. The minimum Gasteiger partial charge on any atom is -0.360 e. The maximum atomic E-state index is 13.5. The summed E-state index contributed by atoms with van der Waals surface area (Å²) in [6.07, 6.45) is 4.85. The lowest BCUT2D eigenvalue weighted by atomic mass is 9.93. The van der Waals surface area contributed by atoms with E-state index in [1.54, 1.807) is 24.0 Å². The molecule has 1 aromatic heterocycles. The molecule has 2 aromatic rings. The third-order valence-corrected chi connectivity index (χ3v) is 4.56. The van der Waals surface area contributed by atoms with Crippen LogP contribution in [0.4, 0.5) is 10.2 Å². The van der Waals surface area contributed by atoms with E-state index in [1.807, 2.05) is 0 Å². The molecule has 6 nitrogen and oxygen atoms in total. The van der Waals surface area contributed by atoms with E-state index >= 15 is 0 Å². The first kappa shape index (κ1) is 18.1. The van der Waals surface area contributed by atoms with E-state index in [0.29, 0.717) is 11.6 Å². The second-order valence-corrected chi connectivity index (χ2v) is 6.61. The van der Waals surface area contributed by atoms with Crippen molar-refractivity contribution in [1.82, 2.24) is 10.1 Å². The lowest BCUT2D eigenvalue weighted by molar-refractivity contribution is -0.117. The highest BCUT2D eigenvalue weighted by Gasteiger charge is 2.28. The van der Waals surface area contributed by atoms with Crippen molar-refractivity contribution in [2.75, 3.05) is 11.9 Å². The van der Waals surface area contributed by atoms with Crippen LogP contribution in [0, 0.1) is 12.7 Å². The SMILES string of the molecule is Cc1cc(NC(=O)CN(C(=O)c2cccc(F)c2)C2CCCCC2)no1. The number of hydrogen-bond donors (Lipinski definition) is 1. The summed E-state index contributed by atoms with van der Waals surface area (Å²) in [4.78, 5) is 26.9. The summed E-state index contributed by atoms with van der Waals surface area (Å²) in [6.45, 7) is 1.62. The first-order valence-corrected chi connectivity index (χ1v) is 8.82. The lowest BCUT2D eigenvalue weighted by Gasteiger charge is -2.34. The number of aryl methyl sites for hydroxylation is 1. The Labute approximate surface area is 151 Å². The summed E-state index contributed by atoms with van der Waals surface area (Å²) >= 11 is 0. The predicted molar refractivity (Wildman–Crippen MR) is 94.2 cm³/mol. The number of amides is 2. The van der Waals surface area contributed by atoms with Gasteiger partial charge >= 0.3 is 0 Å². The van der Waals surface area contributed by atoms with Crippen LogP contribution in [0.2, 0.25) is 0 Å². The van der Waals surface area contributed by atoms with Crippen LogP contribution >= 0.6 is 0 Å². The van der Waals surface area contributed by atoms with Gasteiger partial charge in [0, 0.05) is 17.7 Å². The zero-order chi connectivity index (χ0) is 18.5. The minimum absolute atomic E-state index is 0.0238. The Hall–Kier alpha value is -2.70. The first-order valence-electron chi connectivity index (χ1n) is 8.82. The van der Waals surface area contributed by atoms with Crippen LogP contribution in [0.25, 0.3) is 0 Å². The van der Waals surface area contributed by atoms with Crippen molar-refractivity contribution >= 4 is 17.6 Å². The zero-order valence-corrected chi connectivity index (χ0v) is 14.7. The molecule has 0 saturated heterocycles. The van der Waals surface area contributed by atoms with E-state index in [0.717, 1.165) is 32.1 Å². The summed E-state index contributed by atoms with van der Waals surface area (Å²) in [6, 6.07) is 7.15. The molecule has 26 heavy (non-hydrogen) atoms. The molecule has 1 heterocycles. The van der Waals surface area contributed by atoms with Gasteiger partial charge in [0.15, 0.2) is 5.82 Å². The smallest absolute Gasteiger partial charge is 0.254 e. The Balaban J connectivity index is 1.76. The second-order valence-electron chi connectivity index (χ2n) is 6.61. The van der Waals surface area contributed by atoms with Gasteiger partial charge in [-0.2, -0.15) is 0 Å². The van der Waals surface area contributed by atoms with Gasteiger partial charge < -0.3 is 14.7 Å². The predicted octanol–water partition coefficient (Wildman–Crippen LogP) is 3.54. The van der Waals surface area contributed by atoms with Crippen molar-refractivity contribution in [2.45, 2.75) is 45.1 Å². The van der Waals surface area contributed by atoms with Gasteiger partial charge in [0.05, 0.1) is 0 Å². The number of anilines is 1. The minimum atomic E-state index is -0.470. The number of rotatable bonds is 5. The van der Waals surface area contributed by atoms with Crippen LogP contribution in [-0.4, -0.2) is 34.5 Å². The van der Waals surface area contributed by atoms with Crippen molar-refractivity contribution < 1.29 is 18.5 Å². The molecular weight excluding hydrogens is 337 g/mol. The molecule has 0 atom stereocenters. The van der Waals surface area contributed by atoms with Crippen LogP contribution < -0.4 is 5.32 Å². The van der Waals surface area contributed by atoms with Crippen LogP contribution in [0.3, 0.4) is 0 Å². The lowest BCUT2D eigenvalue weighted by Crippen LogP contribution is -2.45. The van der Waals surface area contributed by atoms with E-state index in [1.165, 1.54) is 18.2 Å². The van der Waals surface area contributed by atoms with Crippen LogP contribution in [0.15, 0.2) is 34.9 Å². The number of aromatic nitrogens is 1. The Kier molecular flexibility index (Phi) is 5.65. The average molecular weight is 359 g/mol. The molecule has 0 unspecified atom stereocenters. The molecule has 7 heteroatoms. The standard InChI is InChI=1S/C19H22FN3O3/c1-13-10-17(22-26-13)21-18(24)12-23(16-8-3-2-4-9-16)19(25)14-6-5-7-15(20)11-14/h5-7,10-11,16H,2-4,8-9,12H2,1H3,(H,21,22,24). The van der Waals surface area contributed by atoms with Crippen LogP contribution in [-0.2, 0) is 4.79 Å². The molecule has 0 spiro atoms. The Bertz CT molecular complexity index is 784. The van der Waals surface area contributed by atoms with Crippen LogP contribution in [0.1, 0.15) is 48.2 Å². The highest BCUT2D eigenvalue weighted by Crippen LogP contribution is 2.24. The van der Waals surface area contributed by atoms with E-state index in [-0.39, 0.29) is 30.0 Å². The molecule has 0 radical (unpaired) electrons. The normalized spacial score (nSPS) is 14.8. The molecule has 0 bridgehead atoms. The third-order valence-electron chi connectivity index (χ3n) is 4.56. The molecule has 2 amide bonds. The molecule has 1 aliphatic carbocycles. The van der Waals surface area contributed by atoms with Gasteiger partial charge in [0.25, 0.3) is 5.91 Å². The van der Waals surface area contributed by atoms with Gasteiger partial charge in [0.1, 0.15) is 18.1 Å². The van der Waals surface area contributed by atoms with Crippen molar-refractivity contribution in [3.63, 3.8) is 0 Å². The molecule has 0 aliphatic heterocycles. The molecule has 1 aliphatic rings. The molecule has 3 rings (SSSR count). The summed E-state index contributed by atoms with van der Waals surface area (Å²) in [5, 5.41) is 6.37. The van der Waals surface area contributed by atoms with Crippen molar-refractivity contribution in [3.8, 4) is 0 Å². The van der Waals surface area contributed by atoms with Gasteiger partial charge in [-0.25, -0.2) is 4.39 Å². The number of carbonyl (C=O) groups excluding carboxylic acids is 2. The second kappa shape index (κ2) is 8.12. The fraction of sp³-hybridized carbons (Fsp3) is 0.421. The molecule has 1 saturated carbocycles. The Morgan fingerprint density at radius 2 is 2.04 bits per heavy atom. The molecule has 138 valence electrons. The molecular formula is C19H22FN3O3. The Morgan fingerprint density at radius 1 is 1.27 bits per heavy atom. The van der Waals surface area contributed by atoms with Gasteiger partial charge in [-0.1, -0.05) is 30.5 Å². The van der Waals surface area contributed by atoms with Crippen molar-refractivity contribution in [1.29, 1.82) is 0 Å². The summed E-state index contributed by atoms with van der Waals surface area (Å²) in [5.74, 6) is -0.256. The maximum absolute atomic E-state index is 13.5. The van der Waals surface area contributed by atoms with E-state index in [2.05, 4.69) is 10.5 Å². The largest absolute Gasteiger partial charge is 0.360 e. The van der Waals surface area contributed by atoms with E-state index in [4.69, 9.17) is 4.52 Å². The van der Waals surface area contributed by atoms with Gasteiger partial charge in [-0.3, -0.25) is 9.59 Å². The quantitative estimate of drug-likeness (QED) is 0.886. The summed E-state index contributed by atoms with van der Waals surface area (Å²) in [5.41, 5.74) is 0.251.